The topological polar surface area (TPSA) is 21.1 Å². The summed E-state index contributed by atoms with van der Waals surface area (Å²) in [5, 5.41) is -0.0646. The summed E-state index contributed by atoms with van der Waals surface area (Å²) in [6, 6.07) is 6.28. The van der Waals surface area contributed by atoms with E-state index in [4.69, 9.17) is 16.6 Å². The number of aromatic nitrogens is 2. The third-order valence-corrected chi connectivity index (χ3v) is 4.30. The third-order valence-electron chi connectivity index (χ3n) is 4.10. The molecule has 0 aliphatic carbocycles. The Labute approximate surface area is 132 Å². The first-order valence-corrected chi connectivity index (χ1v) is 8.34. The minimum absolute atomic E-state index is 0.0646. The summed E-state index contributed by atoms with van der Waals surface area (Å²) in [4.78, 5) is 7.18. The van der Waals surface area contributed by atoms with Gasteiger partial charge in [0.05, 0.1) is 16.4 Å². The highest BCUT2D eigenvalue weighted by Gasteiger charge is 2.16. The number of nitrogens with zero attached hydrogens (tertiary/aromatic N) is 3. The van der Waals surface area contributed by atoms with Crippen molar-refractivity contribution < 1.29 is 0 Å². The van der Waals surface area contributed by atoms with E-state index in [9.17, 15) is 0 Å². The zero-order valence-electron chi connectivity index (χ0n) is 13.6. The van der Waals surface area contributed by atoms with Gasteiger partial charge in [0.1, 0.15) is 5.82 Å². The quantitative estimate of drug-likeness (QED) is 0.708. The Balaban J connectivity index is 2.26. The van der Waals surface area contributed by atoms with E-state index in [0.717, 1.165) is 43.9 Å². The second-order valence-corrected chi connectivity index (χ2v) is 6.22. The van der Waals surface area contributed by atoms with Crippen molar-refractivity contribution >= 4 is 22.6 Å². The lowest BCUT2D eigenvalue weighted by Crippen LogP contribution is -2.25. The Morgan fingerprint density at radius 2 is 2.00 bits per heavy atom. The molecular formula is C17H26ClN3. The van der Waals surface area contributed by atoms with E-state index in [1.165, 1.54) is 11.1 Å². The lowest BCUT2D eigenvalue weighted by atomic mass is 10.2. The maximum absolute atomic E-state index is 6.33. The van der Waals surface area contributed by atoms with Crippen molar-refractivity contribution in [3.8, 4) is 0 Å². The van der Waals surface area contributed by atoms with Crippen molar-refractivity contribution in [3.05, 3.63) is 29.6 Å². The Bertz CT molecular complexity index is 585. The molecule has 0 amide bonds. The fourth-order valence-corrected chi connectivity index (χ4v) is 3.07. The molecule has 0 aliphatic rings. The molecule has 4 heteroatoms. The van der Waals surface area contributed by atoms with Crippen LogP contribution in [0.15, 0.2) is 18.2 Å². The van der Waals surface area contributed by atoms with Gasteiger partial charge in [-0.05, 0) is 51.5 Å². The van der Waals surface area contributed by atoms with Gasteiger partial charge in [0.25, 0.3) is 0 Å². The minimum atomic E-state index is -0.0646. The molecule has 2 rings (SSSR count). The van der Waals surface area contributed by atoms with Crippen molar-refractivity contribution in [2.75, 3.05) is 19.6 Å². The lowest BCUT2D eigenvalue weighted by molar-refractivity contribution is 0.293. The summed E-state index contributed by atoms with van der Waals surface area (Å²) < 4.78 is 2.31. The van der Waals surface area contributed by atoms with Crippen LogP contribution in [0.25, 0.3) is 11.0 Å². The lowest BCUT2D eigenvalue weighted by Gasteiger charge is -2.19. The van der Waals surface area contributed by atoms with Gasteiger partial charge in [0, 0.05) is 6.54 Å². The highest BCUT2D eigenvalue weighted by Crippen LogP contribution is 2.26. The normalized spacial score (nSPS) is 13.2. The molecule has 3 nitrogen and oxygen atoms in total. The first-order valence-electron chi connectivity index (χ1n) is 7.90. The molecule has 0 saturated carbocycles. The van der Waals surface area contributed by atoms with Gasteiger partial charge in [-0.3, -0.25) is 0 Å². The summed E-state index contributed by atoms with van der Waals surface area (Å²) in [6.45, 7) is 12.9. The molecule has 0 bridgehead atoms. The summed E-state index contributed by atoms with van der Waals surface area (Å²) in [7, 11) is 0. The molecule has 116 valence electrons. The number of aryl methyl sites for hydroxylation is 2. The van der Waals surface area contributed by atoms with Crippen molar-refractivity contribution in [1.29, 1.82) is 0 Å². The second-order valence-electron chi connectivity index (χ2n) is 5.56. The SMILES string of the molecule is CCN(CC)CCCn1c(C(C)Cl)nc2cccc(C)c21. The van der Waals surface area contributed by atoms with Crippen LogP contribution < -0.4 is 0 Å². The van der Waals surface area contributed by atoms with Crippen LogP contribution in [0.3, 0.4) is 0 Å². The Hall–Kier alpha value is -1.06. The number of hydrogen-bond acceptors (Lipinski definition) is 2. The van der Waals surface area contributed by atoms with Gasteiger partial charge in [-0.25, -0.2) is 4.98 Å². The largest absolute Gasteiger partial charge is 0.326 e. The van der Waals surface area contributed by atoms with Gasteiger partial charge in [-0.2, -0.15) is 0 Å². The highest BCUT2D eigenvalue weighted by molar-refractivity contribution is 6.20. The molecule has 1 atom stereocenters. The first-order chi connectivity index (χ1) is 10.1. The molecule has 0 fully saturated rings. The van der Waals surface area contributed by atoms with E-state index in [1.54, 1.807) is 0 Å². The Kier molecular flexibility index (Phi) is 5.65. The van der Waals surface area contributed by atoms with Crippen molar-refractivity contribution in [2.24, 2.45) is 0 Å². The van der Waals surface area contributed by atoms with Gasteiger partial charge in [-0.1, -0.05) is 26.0 Å². The number of rotatable bonds is 7. The zero-order valence-corrected chi connectivity index (χ0v) is 14.3. The van der Waals surface area contributed by atoms with Gasteiger partial charge >= 0.3 is 0 Å². The molecule has 1 unspecified atom stereocenters. The van der Waals surface area contributed by atoms with Gasteiger partial charge in [-0.15, -0.1) is 11.6 Å². The molecular weight excluding hydrogens is 282 g/mol. The van der Waals surface area contributed by atoms with Crippen LogP contribution in [-0.4, -0.2) is 34.1 Å². The average Bonchev–Trinajstić information content (AvgIpc) is 2.84. The van der Waals surface area contributed by atoms with Crippen LogP contribution in [0.5, 0.6) is 0 Å². The molecule has 1 heterocycles. The van der Waals surface area contributed by atoms with Crippen molar-refractivity contribution in [1.82, 2.24) is 14.5 Å². The van der Waals surface area contributed by atoms with Gasteiger partial charge < -0.3 is 9.47 Å². The smallest absolute Gasteiger partial charge is 0.127 e. The van der Waals surface area contributed by atoms with Crippen LogP contribution in [0.4, 0.5) is 0 Å². The van der Waals surface area contributed by atoms with Gasteiger partial charge in [0.2, 0.25) is 0 Å². The Morgan fingerprint density at radius 3 is 2.62 bits per heavy atom. The van der Waals surface area contributed by atoms with E-state index in [2.05, 4.69) is 48.4 Å². The van der Waals surface area contributed by atoms with Crippen molar-refractivity contribution in [2.45, 2.75) is 46.0 Å². The van der Waals surface area contributed by atoms with E-state index >= 15 is 0 Å². The predicted octanol–water partition coefficient (Wildman–Crippen LogP) is 4.38. The first kappa shape index (κ1) is 16.3. The second kappa shape index (κ2) is 7.28. The van der Waals surface area contributed by atoms with Crippen LogP contribution in [0.1, 0.15) is 44.0 Å². The molecule has 0 N–H and O–H groups in total. The fourth-order valence-electron chi connectivity index (χ4n) is 2.91. The number of hydrogen-bond donors (Lipinski definition) is 0. The van der Waals surface area contributed by atoms with E-state index in [1.807, 2.05) is 6.92 Å². The van der Waals surface area contributed by atoms with E-state index in [0.29, 0.717) is 0 Å². The van der Waals surface area contributed by atoms with Crippen LogP contribution in [-0.2, 0) is 6.54 Å². The number of fused-ring (bicyclic) bond motifs is 1. The predicted molar refractivity (Wildman–Crippen MR) is 91.1 cm³/mol. The van der Waals surface area contributed by atoms with E-state index < -0.39 is 0 Å². The zero-order chi connectivity index (χ0) is 15.4. The number of benzene rings is 1. The maximum atomic E-state index is 6.33. The van der Waals surface area contributed by atoms with Gasteiger partial charge in [0.15, 0.2) is 0 Å². The summed E-state index contributed by atoms with van der Waals surface area (Å²) in [5.74, 6) is 0.987. The average molecular weight is 308 g/mol. The fraction of sp³-hybridized carbons (Fsp3) is 0.588. The molecule has 0 radical (unpaired) electrons. The number of alkyl halides is 1. The van der Waals surface area contributed by atoms with Crippen LogP contribution in [0.2, 0.25) is 0 Å². The minimum Gasteiger partial charge on any atom is -0.326 e. The highest BCUT2D eigenvalue weighted by atomic mass is 35.5. The Morgan fingerprint density at radius 1 is 1.29 bits per heavy atom. The summed E-state index contributed by atoms with van der Waals surface area (Å²) in [5.41, 5.74) is 3.56. The van der Waals surface area contributed by atoms with Crippen LogP contribution in [0, 0.1) is 6.92 Å². The number of para-hydroxylation sites is 1. The molecule has 21 heavy (non-hydrogen) atoms. The summed E-state index contributed by atoms with van der Waals surface area (Å²) >= 11 is 6.33. The molecule has 0 spiro atoms. The maximum Gasteiger partial charge on any atom is 0.127 e. The van der Waals surface area contributed by atoms with Crippen LogP contribution >= 0.6 is 11.6 Å². The number of halogens is 1. The molecule has 0 saturated heterocycles. The third kappa shape index (κ3) is 3.58. The monoisotopic (exact) mass is 307 g/mol. The summed E-state index contributed by atoms with van der Waals surface area (Å²) in [6.07, 6.45) is 1.12. The molecule has 2 aromatic rings. The standard InChI is InChI=1S/C17H26ClN3/c1-5-20(6-2)11-8-12-21-16-13(3)9-7-10-15(16)19-17(21)14(4)18/h7,9-10,14H,5-6,8,11-12H2,1-4H3. The number of imidazole rings is 1. The molecule has 1 aromatic heterocycles. The molecule has 1 aromatic carbocycles. The van der Waals surface area contributed by atoms with E-state index in [-0.39, 0.29) is 5.38 Å². The van der Waals surface area contributed by atoms with Crippen molar-refractivity contribution in [3.63, 3.8) is 0 Å². The molecule has 0 aliphatic heterocycles.